The minimum absolute atomic E-state index is 0.0466. The van der Waals surface area contributed by atoms with Gasteiger partial charge in [0.1, 0.15) is 0 Å². The second-order valence-electron chi connectivity index (χ2n) is 9.05. The van der Waals surface area contributed by atoms with Crippen molar-refractivity contribution in [1.82, 2.24) is 19.6 Å². The van der Waals surface area contributed by atoms with Crippen LogP contribution in [0.2, 0.25) is 0 Å². The fourth-order valence-corrected chi connectivity index (χ4v) is 3.92. The van der Waals surface area contributed by atoms with Gasteiger partial charge in [0.25, 0.3) is 0 Å². The summed E-state index contributed by atoms with van der Waals surface area (Å²) in [5.74, 6) is 0. The molecule has 0 saturated heterocycles. The number of hydrogen-bond acceptors (Lipinski definition) is 16. The van der Waals surface area contributed by atoms with Gasteiger partial charge in [-0.1, -0.05) is 0 Å². The SMILES string of the molecule is OCCN(CCO)CCOC(OCCN(CCO)CCO)(OCCN(CCO)CCO)OCCN(CCO)CCO. The van der Waals surface area contributed by atoms with Gasteiger partial charge in [0, 0.05) is 78.5 Å². The third-order valence-electron chi connectivity index (χ3n) is 6.08. The molecule has 248 valence electrons. The summed E-state index contributed by atoms with van der Waals surface area (Å²) in [7, 11) is 0. The predicted molar refractivity (Wildman–Crippen MR) is 149 cm³/mol. The van der Waals surface area contributed by atoms with Crippen LogP contribution in [0.1, 0.15) is 0 Å². The predicted octanol–water partition coefficient (Wildman–Crippen LogP) is -5.19. The molecule has 0 aliphatic rings. The van der Waals surface area contributed by atoms with E-state index in [2.05, 4.69) is 0 Å². The van der Waals surface area contributed by atoms with Gasteiger partial charge in [-0.3, -0.25) is 19.6 Å². The van der Waals surface area contributed by atoms with Crippen molar-refractivity contribution >= 4 is 0 Å². The Kier molecular flexibility index (Phi) is 27.7. The van der Waals surface area contributed by atoms with Gasteiger partial charge in [-0.2, -0.15) is 0 Å². The smallest absolute Gasteiger partial charge is 0.395 e. The normalized spacial score (nSPS) is 12.6. The average molecular weight is 605 g/mol. The second-order valence-corrected chi connectivity index (χ2v) is 9.05. The maximum Gasteiger partial charge on any atom is 0.412 e. The van der Waals surface area contributed by atoms with Crippen molar-refractivity contribution in [2.45, 2.75) is 6.16 Å². The molecule has 16 heteroatoms. The summed E-state index contributed by atoms with van der Waals surface area (Å²) in [6.45, 7) is 3.27. The molecule has 0 bridgehead atoms. The molecule has 0 aliphatic carbocycles. The van der Waals surface area contributed by atoms with Crippen molar-refractivity contribution in [3.8, 4) is 0 Å². The van der Waals surface area contributed by atoms with Gasteiger partial charge >= 0.3 is 6.16 Å². The lowest BCUT2D eigenvalue weighted by atomic mass is 10.4. The molecule has 0 aromatic heterocycles. The summed E-state index contributed by atoms with van der Waals surface area (Å²) < 4.78 is 24.1. The lowest BCUT2D eigenvalue weighted by Crippen LogP contribution is -2.48. The Balaban J connectivity index is 5.73. The quantitative estimate of drug-likeness (QED) is 0.0337. The molecule has 8 N–H and O–H groups in total. The Morgan fingerprint density at radius 1 is 0.293 bits per heavy atom. The van der Waals surface area contributed by atoms with Crippen LogP contribution < -0.4 is 0 Å². The number of hydrogen-bond donors (Lipinski definition) is 8. The third-order valence-corrected chi connectivity index (χ3v) is 6.08. The maximum absolute atomic E-state index is 9.33. The van der Waals surface area contributed by atoms with E-state index >= 15 is 0 Å². The highest BCUT2D eigenvalue weighted by atomic mass is 17.0. The molecule has 0 aromatic carbocycles. The first-order chi connectivity index (χ1) is 20.0. The second kappa shape index (κ2) is 28.1. The first-order valence-electron chi connectivity index (χ1n) is 14.3. The van der Waals surface area contributed by atoms with Crippen molar-refractivity contribution in [2.24, 2.45) is 0 Å². The topological polar surface area (TPSA) is 212 Å². The van der Waals surface area contributed by atoms with Gasteiger partial charge in [0.15, 0.2) is 0 Å². The number of rotatable bonds is 32. The lowest BCUT2D eigenvalue weighted by molar-refractivity contribution is -0.499. The van der Waals surface area contributed by atoms with E-state index < -0.39 is 6.16 Å². The first kappa shape index (κ1) is 40.4. The zero-order chi connectivity index (χ0) is 30.6. The molecular formula is C25H56N4O12. The minimum atomic E-state index is -1.98. The number of nitrogens with zero attached hydrogens (tertiary/aromatic N) is 4. The van der Waals surface area contributed by atoms with Crippen molar-refractivity contribution in [3.05, 3.63) is 0 Å². The molecule has 0 radical (unpaired) electrons. The molecule has 0 unspecified atom stereocenters. The minimum Gasteiger partial charge on any atom is -0.395 e. The molecule has 41 heavy (non-hydrogen) atoms. The van der Waals surface area contributed by atoms with Gasteiger partial charge in [-0.05, 0) is 0 Å². The molecule has 0 amide bonds. The molecule has 0 fully saturated rings. The summed E-state index contributed by atoms with van der Waals surface area (Å²) in [5.41, 5.74) is 0. The molecule has 0 spiro atoms. The molecular weight excluding hydrogens is 548 g/mol. The maximum atomic E-state index is 9.33. The van der Waals surface area contributed by atoms with E-state index in [0.29, 0.717) is 78.5 Å². The van der Waals surface area contributed by atoms with E-state index in [0.717, 1.165) is 0 Å². The van der Waals surface area contributed by atoms with Gasteiger partial charge in [0.05, 0.1) is 79.3 Å². The molecule has 0 heterocycles. The summed E-state index contributed by atoms with van der Waals surface area (Å²) >= 11 is 0. The van der Waals surface area contributed by atoms with E-state index in [9.17, 15) is 40.9 Å². The molecule has 0 atom stereocenters. The fourth-order valence-electron chi connectivity index (χ4n) is 3.92. The Morgan fingerprint density at radius 3 is 0.610 bits per heavy atom. The Bertz CT molecular complexity index is 441. The van der Waals surface area contributed by atoms with Gasteiger partial charge in [-0.15, -0.1) is 0 Å². The first-order valence-corrected chi connectivity index (χ1v) is 14.3. The number of ether oxygens (including phenoxy) is 4. The fraction of sp³-hybridized carbons (Fsp3) is 1.00. The average Bonchev–Trinajstić information content (AvgIpc) is 2.94. The molecule has 16 nitrogen and oxygen atoms in total. The highest BCUT2D eigenvalue weighted by molar-refractivity contribution is 4.62. The zero-order valence-electron chi connectivity index (χ0n) is 24.5. The van der Waals surface area contributed by atoms with Gasteiger partial charge in [0.2, 0.25) is 0 Å². The van der Waals surface area contributed by atoms with Crippen molar-refractivity contribution in [3.63, 3.8) is 0 Å². The van der Waals surface area contributed by atoms with E-state index in [1.807, 2.05) is 0 Å². The third kappa shape index (κ3) is 20.8. The van der Waals surface area contributed by atoms with Crippen LogP contribution in [0.5, 0.6) is 0 Å². The Labute approximate surface area is 243 Å². The van der Waals surface area contributed by atoms with Crippen LogP contribution in [-0.4, -0.2) is 224 Å². The summed E-state index contributed by atoms with van der Waals surface area (Å²) in [6.07, 6.45) is -1.98. The summed E-state index contributed by atoms with van der Waals surface area (Å²) in [4.78, 5) is 7.18. The number of aliphatic hydroxyl groups is 8. The molecule has 0 rings (SSSR count). The summed E-state index contributed by atoms with van der Waals surface area (Å²) in [6, 6.07) is 0. The standard InChI is InChI=1S/C25H56N4O12/c30-13-1-26(2-14-31)9-21-38-25(39-22-10-27(3-15-32)4-16-33,40-23-11-28(5-17-34)6-18-35)41-24-12-29(7-19-36)8-20-37/h30-37H,1-24H2. The van der Waals surface area contributed by atoms with E-state index in [-0.39, 0.29) is 79.3 Å². The molecule has 0 saturated carbocycles. The van der Waals surface area contributed by atoms with Crippen LogP contribution >= 0.6 is 0 Å². The van der Waals surface area contributed by atoms with Crippen LogP contribution in [0, 0.1) is 0 Å². The van der Waals surface area contributed by atoms with Crippen molar-refractivity contribution < 1.29 is 59.8 Å². The highest BCUT2D eigenvalue weighted by Crippen LogP contribution is 2.19. The van der Waals surface area contributed by atoms with E-state index in [1.54, 1.807) is 19.6 Å². The van der Waals surface area contributed by atoms with Gasteiger partial charge in [-0.25, -0.2) is 0 Å². The monoisotopic (exact) mass is 604 g/mol. The van der Waals surface area contributed by atoms with Crippen LogP contribution in [0.3, 0.4) is 0 Å². The Morgan fingerprint density at radius 2 is 0.463 bits per heavy atom. The Hall–Kier alpha value is -0.640. The van der Waals surface area contributed by atoms with Gasteiger partial charge < -0.3 is 59.8 Å². The summed E-state index contributed by atoms with van der Waals surface area (Å²) in [5, 5.41) is 74.6. The van der Waals surface area contributed by atoms with Crippen molar-refractivity contribution in [1.29, 1.82) is 0 Å². The van der Waals surface area contributed by atoms with Crippen LogP contribution in [-0.2, 0) is 18.9 Å². The highest BCUT2D eigenvalue weighted by Gasteiger charge is 2.36. The van der Waals surface area contributed by atoms with E-state index in [1.165, 1.54) is 0 Å². The zero-order valence-corrected chi connectivity index (χ0v) is 24.5. The van der Waals surface area contributed by atoms with Crippen LogP contribution in [0.4, 0.5) is 0 Å². The van der Waals surface area contributed by atoms with E-state index in [4.69, 9.17) is 18.9 Å². The molecule has 0 aliphatic heterocycles. The lowest BCUT2D eigenvalue weighted by Gasteiger charge is -2.35. The van der Waals surface area contributed by atoms with Crippen LogP contribution in [0.15, 0.2) is 0 Å². The molecule has 0 aromatic rings. The largest absolute Gasteiger partial charge is 0.412 e. The van der Waals surface area contributed by atoms with Crippen LogP contribution in [0.25, 0.3) is 0 Å². The van der Waals surface area contributed by atoms with Crippen molar-refractivity contribution in [2.75, 3.05) is 158 Å². The number of aliphatic hydroxyl groups excluding tert-OH is 8.